The van der Waals surface area contributed by atoms with E-state index in [1.807, 2.05) is 19.2 Å². The number of nitrogens with one attached hydrogen (secondary N) is 1. The molecule has 0 spiro atoms. The molecule has 0 bridgehead atoms. The van der Waals surface area contributed by atoms with Crippen molar-refractivity contribution in [3.8, 4) is 5.75 Å². The summed E-state index contributed by atoms with van der Waals surface area (Å²) in [5, 5.41) is 3.22. The Balaban J connectivity index is 2.41. The molecule has 1 N–H and O–H groups in total. The summed E-state index contributed by atoms with van der Waals surface area (Å²) in [6.45, 7) is 2.26. The van der Waals surface area contributed by atoms with Crippen molar-refractivity contribution in [3.63, 3.8) is 0 Å². The standard InChI is InChI=1S/C15H24N2O2/c1-12(16-2)5-6-13-7-9-14(10-8-13)19-11-15(18)17(3)4/h7-10,12,16H,5-6,11H2,1-4H3. The quantitative estimate of drug-likeness (QED) is 0.815. The van der Waals surface area contributed by atoms with Crippen LogP contribution in [-0.4, -0.2) is 44.6 Å². The molecule has 0 aliphatic heterocycles. The van der Waals surface area contributed by atoms with Crippen LogP contribution in [0.2, 0.25) is 0 Å². The number of benzene rings is 1. The van der Waals surface area contributed by atoms with Crippen LogP contribution >= 0.6 is 0 Å². The maximum Gasteiger partial charge on any atom is 0.259 e. The van der Waals surface area contributed by atoms with Gasteiger partial charge in [0.25, 0.3) is 5.91 Å². The van der Waals surface area contributed by atoms with Crippen LogP contribution in [0.15, 0.2) is 24.3 Å². The molecule has 19 heavy (non-hydrogen) atoms. The van der Waals surface area contributed by atoms with Crippen LogP contribution in [0.4, 0.5) is 0 Å². The Bertz CT molecular complexity index is 388. The second-order valence-electron chi connectivity index (χ2n) is 4.95. The number of aryl methyl sites for hydroxylation is 1. The van der Waals surface area contributed by atoms with Gasteiger partial charge in [-0.3, -0.25) is 4.79 Å². The SMILES string of the molecule is CNC(C)CCc1ccc(OCC(=O)N(C)C)cc1. The maximum atomic E-state index is 11.4. The van der Waals surface area contributed by atoms with Crippen molar-refractivity contribution < 1.29 is 9.53 Å². The normalized spacial score (nSPS) is 12.0. The largest absolute Gasteiger partial charge is 0.484 e. The van der Waals surface area contributed by atoms with Gasteiger partial charge < -0.3 is 15.0 Å². The fraction of sp³-hybridized carbons (Fsp3) is 0.533. The van der Waals surface area contributed by atoms with E-state index in [0.717, 1.165) is 18.6 Å². The highest BCUT2D eigenvalue weighted by molar-refractivity contribution is 5.77. The maximum absolute atomic E-state index is 11.4. The van der Waals surface area contributed by atoms with Gasteiger partial charge in [0.1, 0.15) is 5.75 Å². The lowest BCUT2D eigenvalue weighted by atomic mass is 10.1. The van der Waals surface area contributed by atoms with Crippen LogP contribution in [0.1, 0.15) is 18.9 Å². The van der Waals surface area contributed by atoms with Gasteiger partial charge in [0.2, 0.25) is 0 Å². The first-order valence-electron chi connectivity index (χ1n) is 6.62. The number of hydrogen-bond donors (Lipinski definition) is 1. The summed E-state index contributed by atoms with van der Waals surface area (Å²) in [6, 6.07) is 8.47. The highest BCUT2D eigenvalue weighted by Gasteiger charge is 2.05. The molecule has 0 aliphatic carbocycles. The number of hydrogen-bond acceptors (Lipinski definition) is 3. The summed E-state index contributed by atoms with van der Waals surface area (Å²) in [4.78, 5) is 12.9. The summed E-state index contributed by atoms with van der Waals surface area (Å²) in [5.74, 6) is 0.701. The molecule has 0 aliphatic rings. The number of amides is 1. The van der Waals surface area contributed by atoms with E-state index in [4.69, 9.17) is 4.74 Å². The third kappa shape index (κ3) is 5.75. The van der Waals surface area contributed by atoms with Gasteiger partial charge in [-0.25, -0.2) is 0 Å². The summed E-state index contributed by atoms with van der Waals surface area (Å²) in [6.07, 6.45) is 2.15. The van der Waals surface area contributed by atoms with Crippen LogP contribution in [0.5, 0.6) is 5.75 Å². The van der Waals surface area contributed by atoms with Crippen LogP contribution in [-0.2, 0) is 11.2 Å². The second kappa shape index (κ2) is 7.79. The Hall–Kier alpha value is -1.55. The van der Waals surface area contributed by atoms with E-state index in [-0.39, 0.29) is 12.5 Å². The van der Waals surface area contributed by atoms with Crippen LogP contribution in [0.25, 0.3) is 0 Å². The fourth-order valence-corrected chi connectivity index (χ4v) is 1.55. The van der Waals surface area contributed by atoms with E-state index in [9.17, 15) is 4.79 Å². The molecule has 0 saturated heterocycles. The summed E-state index contributed by atoms with van der Waals surface area (Å²) in [5.41, 5.74) is 1.29. The lowest BCUT2D eigenvalue weighted by molar-refractivity contribution is -0.130. The number of carbonyl (C=O) groups excluding carboxylic acids is 1. The van der Waals surface area contributed by atoms with Gasteiger partial charge in [-0.05, 0) is 44.5 Å². The minimum atomic E-state index is -0.0353. The molecule has 0 fully saturated rings. The van der Waals surface area contributed by atoms with Gasteiger partial charge in [0.05, 0.1) is 0 Å². The van der Waals surface area contributed by atoms with Crippen LogP contribution in [0.3, 0.4) is 0 Å². The Morgan fingerprint density at radius 1 is 1.32 bits per heavy atom. The van der Waals surface area contributed by atoms with Gasteiger partial charge >= 0.3 is 0 Å². The van der Waals surface area contributed by atoms with E-state index in [1.54, 1.807) is 14.1 Å². The average Bonchev–Trinajstić information content (AvgIpc) is 2.42. The Morgan fingerprint density at radius 2 is 1.95 bits per heavy atom. The molecular weight excluding hydrogens is 240 g/mol. The first-order chi connectivity index (χ1) is 9.02. The number of rotatable bonds is 7. The molecule has 0 radical (unpaired) electrons. The summed E-state index contributed by atoms with van der Waals surface area (Å²) < 4.78 is 5.43. The van der Waals surface area contributed by atoms with Crippen molar-refractivity contribution in [1.29, 1.82) is 0 Å². The number of ether oxygens (including phenoxy) is 1. The number of nitrogens with zero attached hydrogens (tertiary/aromatic N) is 1. The van der Waals surface area contributed by atoms with Gasteiger partial charge in [-0.2, -0.15) is 0 Å². The first kappa shape index (κ1) is 15.5. The lowest BCUT2D eigenvalue weighted by Gasteiger charge is -2.12. The number of carbonyl (C=O) groups is 1. The minimum absolute atomic E-state index is 0.0353. The lowest BCUT2D eigenvalue weighted by Crippen LogP contribution is -2.27. The second-order valence-corrected chi connectivity index (χ2v) is 4.95. The van der Waals surface area contributed by atoms with Gasteiger partial charge in [-0.1, -0.05) is 12.1 Å². The molecule has 1 rings (SSSR count). The first-order valence-corrected chi connectivity index (χ1v) is 6.62. The van der Waals surface area contributed by atoms with Gasteiger partial charge in [-0.15, -0.1) is 0 Å². The van der Waals surface area contributed by atoms with E-state index in [2.05, 4.69) is 24.4 Å². The van der Waals surface area contributed by atoms with Crippen molar-refractivity contribution in [2.75, 3.05) is 27.7 Å². The average molecular weight is 264 g/mol. The van der Waals surface area contributed by atoms with E-state index in [0.29, 0.717) is 6.04 Å². The molecule has 0 aromatic heterocycles. The molecule has 1 atom stereocenters. The number of likely N-dealkylation sites (N-methyl/N-ethyl adjacent to an activating group) is 1. The van der Waals surface area contributed by atoms with Gasteiger partial charge in [0.15, 0.2) is 6.61 Å². The van der Waals surface area contributed by atoms with E-state index < -0.39 is 0 Å². The highest BCUT2D eigenvalue weighted by atomic mass is 16.5. The molecule has 0 saturated carbocycles. The topological polar surface area (TPSA) is 41.6 Å². The zero-order valence-electron chi connectivity index (χ0n) is 12.3. The Labute approximate surface area is 115 Å². The Kier molecular flexibility index (Phi) is 6.36. The summed E-state index contributed by atoms with van der Waals surface area (Å²) in [7, 11) is 5.42. The Morgan fingerprint density at radius 3 is 2.47 bits per heavy atom. The monoisotopic (exact) mass is 264 g/mol. The molecule has 4 nitrogen and oxygen atoms in total. The molecule has 1 unspecified atom stereocenters. The third-order valence-corrected chi connectivity index (χ3v) is 3.14. The van der Waals surface area contributed by atoms with E-state index in [1.165, 1.54) is 10.5 Å². The molecule has 1 aromatic carbocycles. The molecule has 1 amide bonds. The smallest absolute Gasteiger partial charge is 0.259 e. The highest BCUT2D eigenvalue weighted by Crippen LogP contribution is 2.14. The van der Waals surface area contributed by atoms with Crippen LogP contribution in [0, 0.1) is 0 Å². The molecule has 4 heteroatoms. The molecule has 0 heterocycles. The van der Waals surface area contributed by atoms with Crippen LogP contribution < -0.4 is 10.1 Å². The summed E-state index contributed by atoms with van der Waals surface area (Å²) >= 11 is 0. The molecule has 106 valence electrons. The zero-order valence-corrected chi connectivity index (χ0v) is 12.3. The predicted molar refractivity (Wildman–Crippen MR) is 77.5 cm³/mol. The third-order valence-electron chi connectivity index (χ3n) is 3.14. The molecular formula is C15H24N2O2. The van der Waals surface area contributed by atoms with Crippen molar-refractivity contribution in [2.24, 2.45) is 0 Å². The fourth-order valence-electron chi connectivity index (χ4n) is 1.55. The zero-order chi connectivity index (χ0) is 14.3. The predicted octanol–water partition coefficient (Wildman–Crippen LogP) is 1.69. The van der Waals surface area contributed by atoms with Crippen molar-refractivity contribution in [1.82, 2.24) is 10.2 Å². The van der Waals surface area contributed by atoms with Gasteiger partial charge in [0, 0.05) is 20.1 Å². The molecule has 1 aromatic rings. The van der Waals surface area contributed by atoms with Crippen molar-refractivity contribution in [3.05, 3.63) is 29.8 Å². The van der Waals surface area contributed by atoms with Crippen molar-refractivity contribution >= 4 is 5.91 Å². The van der Waals surface area contributed by atoms with E-state index >= 15 is 0 Å². The van der Waals surface area contributed by atoms with Crippen molar-refractivity contribution in [2.45, 2.75) is 25.8 Å². The minimum Gasteiger partial charge on any atom is -0.484 e.